The van der Waals surface area contributed by atoms with Crippen molar-refractivity contribution in [1.29, 1.82) is 0 Å². The van der Waals surface area contributed by atoms with Gasteiger partial charge in [0.05, 0.1) is 13.2 Å². The Bertz CT molecular complexity index is 414. The van der Waals surface area contributed by atoms with Crippen LogP contribution in [0.4, 0.5) is 10.5 Å². The Hall–Kier alpha value is -1.75. The van der Waals surface area contributed by atoms with E-state index in [1.807, 2.05) is 19.1 Å². The third-order valence-corrected chi connectivity index (χ3v) is 2.74. The van der Waals surface area contributed by atoms with Crippen LogP contribution < -0.4 is 15.4 Å². The summed E-state index contributed by atoms with van der Waals surface area (Å²) < 4.78 is 10.1. The summed E-state index contributed by atoms with van der Waals surface area (Å²) in [5, 5.41) is 0. The molecule has 2 rings (SSSR count). The van der Waals surface area contributed by atoms with E-state index in [9.17, 15) is 4.79 Å². The summed E-state index contributed by atoms with van der Waals surface area (Å²) in [7, 11) is 0. The molecule has 1 aromatic carbocycles. The third kappa shape index (κ3) is 2.88. The highest BCUT2D eigenvalue weighted by atomic mass is 16.5. The van der Waals surface area contributed by atoms with Gasteiger partial charge in [0, 0.05) is 18.8 Å². The molecule has 0 aliphatic carbocycles. The number of nitrogens with zero attached hydrogens (tertiary/aromatic N) is 1. The molecule has 17 heavy (non-hydrogen) atoms. The van der Waals surface area contributed by atoms with Crippen LogP contribution in [0.5, 0.6) is 5.75 Å². The van der Waals surface area contributed by atoms with Gasteiger partial charge in [0.15, 0.2) is 0 Å². The number of rotatable bonds is 2. The first-order valence-corrected chi connectivity index (χ1v) is 5.57. The largest absolute Gasteiger partial charge is 0.410 e. The number of aryl methyl sites for hydroxylation is 1. The second-order valence-electron chi connectivity index (χ2n) is 3.97. The van der Waals surface area contributed by atoms with Gasteiger partial charge in [0.25, 0.3) is 0 Å². The average molecular weight is 236 g/mol. The van der Waals surface area contributed by atoms with E-state index in [4.69, 9.17) is 15.2 Å². The van der Waals surface area contributed by atoms with Gasteiger partial charge in [-0.3, -0.25) is 0 Å². The standard InChI is InChI=1S/C12H16N2O3/c1-9-8-10(17-12(13)15)2-3-11(9)14-4-6-16-7-5-14/h2-3,8H,4-7H2,1H3,(H2,13,15). The zero-order valence-corrected chi connectivity index (χ0v) is 9.81. The summed E-state index contributed by atoms with van der Waals surface area (Å²) in [4.78, 5) is 12.9. The molecule has 1 heterocycles. The van der Waals surface area contributed by atoms with E-state index in [1.165, 1.54) is 0 Å². The van der Waals surface area contributed by atoms with E-state index in [1.54, 1.807) is 6.07 Å². The van der Waals surface area contributed by atoms with Gasteiger partial charge in [-0.05, 0) is 30.7 Å². The molecule has 0 atom stereocenters. The Morgan fingerprint density at radius 3 is 2.71 bits per heavy atom. The van der Waals surface area contributed by atoms with Crippen LogP contribution in [0.3, 0.4) is 0 Å². The number of hydrogen-bond donors (Lipinski definition) is 1. The van der Waals surface area contributed by atoms with Gasteiger partial charge in [-0.15, -0.1) is 0 Å². The zero-order valence-electron chi connectivity index (χ0n) is 9.81. The summed E-state index contributed by atoms with van der Waals surface area (Å²) in [5.41, 5.74) is 7.17. The fourth-order valence-electron chi connectivity index (χ4n) is 1.97. The number of anilines is 1. The van der Waals surface area contributed by atoms with Crippen molar-refractivity contribution in [2.75, 3.05) is 31.2 Å². The molecule has 0 radical (unpaired) electrons. The minimum atomic E-state index is -0.788. The molecule has 5 nitrogen and oxygen atoms in total. The van der Waals surface area contributed by atoms with E-state index >= 15 is 0 Å². The fourth-order valence-corrected chi connectivity index (χ4v) is 1.97. The lowest BCUT2D eigenvalue weighted by Gasteiger charge is -2.30. The lowest BCUT2D eigenvalue weighted by molar-refractivity contribution is 0.122. The average Bonchev–Trinajstić information content (AvgIpc) is 2.29. The van der Waals surface area contributed by atoms with Gasteiger partial charge < -0.3 is 20.1 Å². The predicted octanol–water partition coefficient (Wildman–Crippen LogP) is 1.29. The minimum absolute atomic E-state index is 0.479. The Kier molecular flexibility index (Phi) is 3.49. The van der Waals surface area contributed by atoms with Crippen molar-refractivity contribution >= 4 is 11.8 Å². The number of benzene rings is 1. The summed E-state index contributed by atoms with van der Waals surface area (Å²) >= 11 is 0. The van der Waals surface area contributed by atoms with Crippen molar-refractivity contribution < 1.29 is 14.3 Å². The van der Waals surface area contributed by atoms with Crippen LogP contribution >= 0.6 is 0 Å². The van der Waals surface area contributed by atoms with E-state index in [0.717, 1.165) is 37.6 Å². The SMILES string of the molecule is Cc1cc(OC(N)=O)ccc1N1CCOCC1. The van der Waals surface area contributed by atoms with Crippen LogP contribution in [0.1, 0.15) is 5.56 Å². The van der Waals surface area contributed by atoms with Gasteiger partial charge in [-0.2, -0.15) is 0 Å². The Morgan fingerprint density at radius 1 is 1.41 bits per heavy atom. The molecule has 1 aliphatic rings. The highest BCUT2D eigenvalue weighted by Gasteiger charge is 2.13. The van der Waals surface area contributed by atoms with Crippen LogP contribution in [0.25, 0.3) is 0 Å². The van der Waals surface area contributed by atoms with Gasteiger partial charge in [-0.1, -0.05) is 0 Å². The van der Waals surface area contributed by atoms with Crippen LogP contribution in [0, 0.1) is 6.92 Å². The molecule has 1 fully saturated rings. The van der Waals surface area contributed by atoms with Crippen molar-refractivity contribution in [1.82, 2.24) is 0 Å². The first-order valence-electron chi connectivity index (χ1n) is 5.57. The Balaban J connectivity index is 2.15. The predicted molar refractivity (Wildman–Crippen MR) is 64.4 cm³/mol. The van der Waals surface area contributed by atoms with E-state index in [2.05, 4.69) is 4.90 Å². The quantitative estimate of drug-likeness (QED) is 0.840. The number of carbonyl (C=O) groups is 1. The second kappa shape index (κ2) is 5.05. The lowest BCUT2D eigenvalue weighted by Crippen LogP contribution is -2.36. The molecule has 1 amide bonds. The first-order chi connectivity index (χ1) is 8.16. The maximum absolute atomic E-state index is 10.6. The molecule has 0 unspecified atom stereocenters. The highest BCUT2D eigenvalue weighted by molar-refractivity contribution is 5.69. The maximum atomic E-state index is 10.6. The number of hydrogen-bond acceptors (Lipinski definition) is 4. The third-order valence-electron chi connectivity index (χ3n) is 2.74. The van der Waals surface area contributed by atoms with Crippen molar-refractivity contribution in [2.24, 2.45) is 5.73 Å². The van der Waals surface area contributed by atoms with Crippen molar-refractivity contribution in [2.45, 2.75) is 6.92 Å². The fraction of sp³-hybridized carbons (Fsp3) is 0.417. The Morgan fingerprint density at radius 2 is 2.12 bits per heavy atom. The Labute approximate surface area is 100 Å². The van der Waals surface area contributed by atoms with E-state index in [0.29, 0.717) is 5.75 Å². The number of carbonyl (C=O) groups excluding carboxylic acids is 1. The molecule has 0 spiro atoms. The van der Waals surface area contributed by atoms with Crippen LogP contribution in [-0.4, -0.2) is 32.4 Å². The highest BCUT2D eigenvalue weighted by Crippen LogP contribution is 2.25. The van der Waals surface area contributed by atoms with E-state index < -0.39 is 6.09 Å². The van der Waals surface area contributed by atoms with Crippen LogP contribution in [0.15, 0.2) is 18.2 Å². The molecule has 1 aliphatic heterocycles. The molecule has 1 saturated heterocycles. The van der Waals surface area contributed by atoms with E-state index in [-0.39, 0.29) is 0 Å². The normalized spacial score (nSPS) is 15.7. The van der Waals surface area contributed by atoms with Gasteiger partial charge in [-0.25, -0.2) is 4.79 Å². The van der Waals surface area contributed by atoms with Crippen LogP contribution in [0.2, 0.25) is 0 Å². The molecule has 1 aromatic rings. The molecule has 0 aromatic heterocycles. The zero-order chi connectivity index (χ0) is 12.3. The summed E-state index contributed by atoms with van der Waals surface area (Å²) in [6.07, 6.45) is -0.788. The molecule has 0 bridgehead atoms. The summed E-state index contributed by atoms with van der Waals surface area (Å²) in [6, 6.07) is 5.51. The van der Waals surface area contributed by atoms with Crippen molar-refractivity contribution in [3.05, 3.63) is 23.8 Å². The van der Waals surface area contributed by atoms with Gasteiger partial charge in [0.2, 0.25) is 0 Å². The minimum Gasteiger partial charge on any atom is -0.410 e. The van der Waals surface area contributed by atoms with Crippen molar-refractivity contribution in [3.8, 4) is 5.75 Å². The first kappa shape index (κ1) is 11.7. The number of ether oxygens (including phenoxy) is 2. The summed E-state index contributed by atoms with van der Waals surface area (Å²) in [6.45, 7) is 5.25. The maximum Gasteiger partial charge on any atom is 0.409 e. The van der Waals surface area contributed by atoms with Crippen molar-refractivity contribution in [3.63, 3.8) is 0 Å². The monoisotopic (exact) mass is 236 g/mol. The topological polar surface area (TPSA) is 64.8 Å². The molecule has 0 saturated carbocycles. The van der Waals surface area contributed by atoms with Crippen LogP contribution in [-0.2, 0) is 4.74 Å². The molecular weight excluding hydrogens is 220 g/mol. The molecule has 5 heteroatoms. The lowest BCUT2D eigenvalue weighted by atomic mass is 10.1. The smallest absolute Gasteiger partial charge is 0.409 e. The number of primary amides is 1. The number of amides is 1. The number of morpholine rings is 1. The van der Waals surface area contributed by atoms with Gasteiger partial charge >= 0.3 is 6.09 Å². The van der Waals surface area contributed by atoms with Gasteiger partial charge in [0.1, 0.15) is 5.75 Å². The molecule has 92 valence electrons. The molecule has 2 N–H and O–H groups in total. The number of nitrogens with two attached hydrogens (primary N) is 1. The molecular formula is C12H16N2O3. The second-order valence-corrected chi connectivity index (χ2v) is 3.97. The summed E-state index contributed by atoms with van der Waals surface area (Å²) in [5.74, 6) is 0.479.